The summed E-state index contributed by atoms with van der Waals surface area (Å²) in [5.74, 6) is 0.713. The zero-order valence-electron chi connectivity index (χ0n) is 17.7. The SMILES string of the molecule is O=C(/C=C/c1ccc(N2CCCS2(=O)=O)cc1)Nc1ccc(-c2nc3ccccc3[nH]2)cc1. The minimum absolute atomic E-state index is 0.189. The van der Waals surface area contributed by atoms with Crippen molar-refractivity contribution < 1.29 is 13.2 Å². The predicted molar refractivity (Wildman–Crippen MR) is 131 cm³/mol. The first-order valence-electron chi connectivity index (χ1n) is 10.6. The van der Waals surface area contributed by atoms with Crippen molar-refractivity contribution >= 4 is 44.4 Å². The number of aromatic amines is 1. The van der Waals surface area contributed by atoms with Crippen molar-refractivity contribution in [3.05, 3.63) is 84.4 Å². The van der Waals surface area contributed by atoms with Gasteiger partial charge in [-0.2, -0.15) is 0 Å². The van der Waals surface area contributed by atoms with Gasteiger partial charge in [-0.05, 0) is 66.6 Å². The highest BCUT2D eigenvalue weighted by molar-refractivity contribution is 7.93. The Morgan fingerprint density at radius 1 is 1.00 bits per heavy atom. The lowest BCUT2D eigenvalue weighted by molar-refractivity contribution is -0.111. The Labute approximate surface area is 191 Å². The van der Waals surface area contributed by atoms with E-state index in [2.05, 4.69) is 15.3 Å². The molecule has 166 valence electrons. The number of amides is 1. The Bertz CT molecular complexity index is 1410. The van der Waals surface area contributed by atoms with Gasteiger partial charge >= 0.3 is 0 Å². The van der Waals surface area contributed by atoms with Gasteiger partial charge < -0.3 is 10.3 Å². The molecule has 4 aromatic rings. The van der Waals surface area contributed by atoms with Crippen LogP contribution in [0.25, 0.3) is 28.5 Å². The molecule has 1 fully saturated rings. The van der Waals surface area contributed by atoms with Gasteiger partial charge in [-0.15, -0.1) is 0 Å². The summed E-state index contributed by atoms with van der Waals surface area (Å²) >= 11 is 0. The van der Waals surface area contributed by atoms with E-state index in [0.29, 0.717) is 24.3 Å². The van der Waals surface area contributed by atoms with Gasteiger partial charge in [0, 0.05) is 23.9 Å². The zero-order chi connectivity index (χ0) is 22.8. The molecule has 1 aromatic heterocycles. The summed E-state index contributed by atoms with van der Waals surface area (Å²) in [5.41, 5.74) is 4.96. The number of hydrogen-bond donors (Lipinski definition) is 2. The topological polar surface area (TPSA) is 95.2 Å². The highest BCUT2D eigenvalue weighted by Gasteiger charge is 2.28. The largest absolute Gasteiger partial charge is 0.338 e. The van der Waals surface area contributed by atoms with Crippen LogP contribution in [0.4, 0.5) is 11.4 Å². The van der Waals surface area contributed by atoms with Gasteiger partial charge in [0.15, 0.2) is 0 Å². The van der Waals surface area contributed by atoms with E-state index < -0.39 is 10.0 Å². The van der Waals surface area contributed by atoms with Crippen molar-refractivity contribution in [2.75, 3.05) is 21.9 Å². The van der Waals surface area contributed by atoms with Crippen LogP contribution in [0.1, 0.15) is 12.0 Å². The van der Waals surface area contributed by atoms with E-state index in [1.54, 1.807) is 30.3 Å². The Morgan fingerprint density at radius 2 is 1.76 bits per heavy atom. The number of imidazole rings is 1. The zero-order valence-corrected chi connectivity index (χ0v) is 18.5. The number of fused-ring (bicyclic) bond motifs is 1. The van der Waals surface area contributed by atoms with Gasteiger partial charge in [-0.3, -0.25) is 9.10 Å². The van der Waals surface area contributed by atoms with Crippen LogP contribution in [0.15, 0.2) is 78.9 Å². The van der Waals surface area contributed by atoms with Crippen molar-refractivity contribution in [3.63, 3.8) is 0 Å². The summed E-state index contributed by atoms with van der Waals surface area (Å²) in [6, 6.07) is 22.4. The van der Waals surface area contributed by atoms with Crippen LogP contribution in [0, 0.1) is 0 Å². The van der Waals surface area contributed by atoms with Gasteiger partial charge in [0.25, 0.3) is 0 Å². The maximum Gasteiger partial charge on any atom is 0.248 e. The van der Waals surface area contributed by atoms with E-state index in [1.807, 2.05) is 48.5 Å². The molecule has 2 N–H and O–H groups in total. The third-order valence-corrected chi connectivity index (χ3v) is 7.39. The molecule has 1 amide bonds. The third-order valence-electron chi connectivity index (χ3n) is 5.52. The summed E-state index contributed by atoms with van der Waals surface area (Å²) in [7, 11) is -3.20. The molecule has 0 saturated carbocycles. The Hall–Kier alpha value is -3.91. The van der Waals surface area contributed by atoms with Crippen LogP contribution in [0.2, 0.25) is 0 Å². The molecule has 0 atom stereocenters. The summed E-state index contributed by atoms with van der Waals surface area (Å²) in [6.45, 7) is 0.509. The Balaban J connectivity index is 1.22. The van der Waals surface area contributed by atoms with Crippen LogP contribution in [-0.2, 0) is 14.8 Å². The Morgan fingerprint density at radius 3 is 2.45 bits per heavy atom. The average molecular weight is 459 g/mol. The van der Waals surface area contributed by atoms with E-state index in [0.717, 1.165) is 28.0 Å². The molecular formula is C25H22N4O3S. The number of nitrogens with one attached hydrogen (secondary N) is 2. The lowest BCUT2D eigenvalue weighted by Crippen LogP contribution is -2.24. The molecule has 7 nitrogen and oxygen atoms in total. The normalized spacial score (nSPS) is 15.3. The Kier molecular flexibility index (Phi) is 5.43. The molecule has 8 heteroatoms. The lowest BCUT2D eigenvalue weighted by Gasteiger charge is -2.16. The van der Waals surface area contributed by atoms with Crippen molar-refractivity contribution in [1.82, 2.24) is 9.97 Å². The van der Waals surface area contributed by atoms with E-state index in [4.69, 9.17) is 0 Å². The minimum Gasteiger partial charge on any atom is -0.338 e. The van der Waals surface area contributed by atoms with E-state index in [1.165, 1.54) is 10.4 Å². The number of para-hydroxylation sites is 2. The van der Waals surface area contributed by atoms with Gasteiger partial charge in [-0.25, -0.2) is 13.4 Å². The van der Waals surface area contributed by atoms with Gasteiger partial charge in [0.2, 0.25) is 15.9 Å². The summed E-state index contributed by atoms with van der Waals surface area (Å²) < 4.78 is 25.5. The second-order valence-electron chi connectivity index (χ2n) is 7.84. The minimum atomic E-state index is -3.20. The molecule has 0 unspecified atom stereocenters. The van der Waals surface area contributed by atoms with Crippen LogP contribution in [0.3, 0.4) is 0 Å². The predicted octanol–water partition coefficient (Wildman–Crippen LogP) is 4.42. The molecule has 5 rings (SSSR count). The first kappa shape index (κ1) is 21.0. The molecule has 3 aromatic carbocycles. The summed E-state index contributed by atoms with van der Waals surface area (Å²) in [6.07, 6.45) is 3.79. The number of aromatic nitrogens is 2. The molecule has 0 bridgehead atoms. The lowest BCUT2D eigenvalue weighted by atomic mass is 10.2. The third kappa shape index (κ3) is 4.51. The first-order valence-corrected chi connectivity index (χ1v) is 12.2. The second-order valence-corrected chi connectivity index (χ2v) is 9.85. The fraction of sp³-hybridized carbons (Fsp3) is 0.120. The molecule has 0 spiro atoms. The second kappa shape index (κ2) is 8.55. The van der Waals surface area contributed by atoms with Gasteiger partial charge in [0.1, 0.15) is 5.82 Å². The maximum atomic E-state index is 12.3. The van der Waals surface area contributed by atoms with Crippen LogP contribution in [0.5, 0.6) is 0 Å². The molecule has 2 heterocycles. The number of sulfonamides is 1. The van der Waals surface area contributed by atoms with Gasteiger partial charge in [0.05, 0.1) is 22.5 Å². The molecule has 1 saturated heterocycles. The van der Waals surface area contributed by atoms with Crippen molar-refractivity contribution in [2.24, 2.45) is 0 Å². The summed E-state index contributed by atoms with van der Waals surface area (Å²) in [4.78, 5) is 20.2. The van der Waals surface area contributed by atoms with Crippen LogP contribution >= 0.6 is 0 Å². The highest BCUT2D eigenvalue weighted by atomic mass is 32.2. The van der Waals surface area contributed by atoms with Crippen LogP contribution in [-0.4, -0.2) is 36.6 Å². The number of H-pyrrole nitrogens is 1. The number of rotatable bonds is 5. The standard InChI is InChI=1S/C25H22N4O3S/c30-24(15-8-18-6-13-21(14-7-18)29-16-3-17-33(29,31)32)26-20-11-9-19(10-12-20)25-27-22-4-1-2-5-23(22)28-25/h1-2,4-15H,3,16-17H2,(H,26,30)(H,27,28)/b15-8+. The highest BCUT2D eigenvalue weighted by Crippen LogP contribution is 2.25. The average Bonchev–Trinajstić information content (AvgIpc) is 3.41. The van der Waals surface area contributed by atoms with Crippen molar-refractivity contribution in [1.29, 1.82) is 0 Å². The first-order chi connectivity index (χ1) is 16.0. The number of nitrogens with zero attached hydrogens (tertiary/aromatic N) is 2. The molecule has 33 heavy (non-hydrogen) atoms. The molecule has 0 radical (unpaired) electrons. The van der Waals surface area contributed by atoms with Crippen LogP contribution < -0.4 is 9.62 Å². The summed E-state index contributed by atoms with van der Waals surface area (Å²) in [5, 5.41) is 2.84. The van der Waals surface area contributed by atoms with Gasteiger partial charge in [-0.1, -0.05) is 24.3 Å². The quantitative estimate of drug-likeness (QED) is 0.433. The van der Waals surface area contributed by atoms with E-state index in [-0.39, 0.29) is 11.7 Å². The van der Waals surface area contributed by atoms with Crippen molar-refractivity contribution in [2.45, 2.75) is 6.42 Å². The monoisotopic (exact) mass is 458 g/mol. The smallest absolute Gasteiger partial charge is 0.248 e. The molecule has 1 aliphatic rings. The molecular weight excluding hydrogens is 436 g/mol. The number of benzene rings is 3. The van der Waals surface area contributed by atoms with Crippen molar-refractivity contribution in [3.8, 4) is 11.4 Å². The molecule has 0 aliphatic carbocycles. The number of carbonyl (C=O) groups excluding carboxylic acids is 1. The number of anilines is 2. The fourth-order valence-electron chi connectivity index (χ4n) is 3.84. The maximum absolute atomic E-state index is 12.3. The van der Waals surface area contributed by atoms with E-state index >= 15 is 0 Å². The number of hydrogen-bond acceptors (Lipinski definition) is 4. The number of carbonyl (C=O) groups is 1. The molecule has 1 aliphatic heterocycles. The van der Waals surface area contributed by atoms with E-state index in [9.17, 15) is 13.2 Å². The fourth-order valence-corrected chi connectivity index (χ4v) is 5.40.